The number of Topliss-reactive ketones (excluding diaryl/α,β-unsaturated/α-hetero) is 1. The van der Waals surface area contributed by atoms with Crippen LogP contribution >= 0.6 is 0 Å². The second-order valence-corrected chi connectivity index (χ2v) is 3.86. The van der Waals surface area contributed by atoms with Gasteiger partial charge in [0.15, 0.2) is 5.78 Å². The third-order valence-corrected chi connectivity index (χ3v) is 1.50. The zero-order valence-electron chi connectivity index (χ0n) is 7.99. The highest BCUT2D eigenvalue weighted by molar-refractivity contribution is 5.94. The molecular formula is C9H17NO. The van der Waals surface area contributed by atoms with Gasteiger partial charge in [-0.15, -0.1) is 0 Å². The zero-order valence-corrected chi connectivity index (χ0v) is 7.99. The maximum absolute atomic E-state index is 11.1. The molecule has 0 saturated carbocycles. The topological polar surface area (TPSA) is 43.1 Å². The molecule has 0 heterocycles. The van der Waals surface area contributed by atoms with Gasteiger partial charge in [0, 0.05) is 11.3 Å². The molecule has 11 heavy (non-hydrogen) atoms. The molecule has 0 aliphatic carbocycles. The van der Waals surface area contributed by atoms with Gasteiger partial charge in [-0.05, 0) is 19.3 Å². The van der Waals surface area contributed by atoms with Gasteiger partial charge in [-0.25, -0.2) is 0 Å². The summed E-state index contributed by atoms with van der Waals surface area (Å²) >= 11 is 0. The van der Waals surface area contributed by atoms with E-state index in [0.717, 1.165) is 5.57 Å². The number of allylic oxidation sites excluding steroid dienone is 2. The third-order valence-electron chi connectivity index (χ3n) is 1.50. The fourth-order valence-corrected chi connectivity index (χ4v) is 1.40. The summed E-state index contributed by atoms with van der Waals surface area (Å²) < 4.78 is 0. The predicted molar refractivity (Wildman–Crippen MR) is 47.0 cm³/mol. The highest BCUT2D eigenvalue weighted by Crippen LogP contribution is 2.26. The summed E-state index contributed by atoms with van der Waals surface area (Å²) in [5, 5.41) is 0. The molecule has 0 rings (SSSR count). The van der Waals surface area contributed by atoms with E-state index in [4.69, 9.17) is 5.73 Å². The van der Waals surface area contributed by atoms with Crippen LogP contribution < -0.4 is 5.73 Å². The molecule has 0 saturated heterocycles. The van der Waals surface area contributed by atoms with Crippen LogP contribution in [-0.4, -0.2) is 5.78 Å². The molecule has 2 heteroatoms. The molecule has 64 valence electrons. The van der Waals surface area contributed by atoms with Crippen molar-refractivity contribution in [2.75, 3.05) is 0 Å². The maximum Gasteiger partial charge on any atom is 0.158 e. The van der Waals surface area contributed by atoms with Gasteiger partial charge in [-0.2, -0.15) is 0 Å². The molecule has 0 unspecified atom stereocenters. The van der Waals surface area contributed by atoms with Crippen LogP contribution in [0.3, 0.4) is 0 Å². The number of nitrogens with two attached hydrogens (primary N) is 1. The smallest absolute Gasteiger partial charge is 0.158 e. The molecule has 2 nitrogen and oxygen atoms in total. The zero-order chi connectivity index (χ0) is 9.23. The van der Waals surface area contributed by atoms with Crippen LogP contribution in [0.25, 0.3) is 0 Å². The van der Waals surface area contributed by atoms with Crippen LogP contribution in [-0.2, 0) is 4.79 Å². The first kappa shape index (κ1) is 10.2. The second kappa shape index (κ2) is 3.07. The van der Waals surface area contributed by atoms with E-state index in [1.807, 2.05) is 20.8 Å². The van der Waals surface area contributed by atoms with Crippen LogP contribution in [0.2, 0.25) is 0 Å². The highest BCUT2D eigenvalue weighted by atomic mass is 16.1. The van der Waals surface area contributed by atoms with Crippen molar-refractivity contribution in [2.24, 2.45) is 11.1 Å². The maximum atomic E-state index is 11.1. The van der Waals surface area contributed by atoms with E-state index in [2.05, 4.69) is 0 Å². The Bertz CT molecular complexity index is 192. The van der Waals surface area contributed by atoms with Crippen molar-refractivity contribution >= 4 is 5.78 Å². The van der Waals surface area contributed by atoms with E-state index in [9.17, 15) is 4.79 Å². The SMILES string of the molecule is CC(=O)/C(=C(\C)N)C(C)(C)C. The molecule has 0 amide bonds. The lowest BCUT2D eigenvalue weighted by Crippen LogP contribution is -2.20. The molecular weight excluding hydrogens is 138 g/mol. The number of rotatable bonds is 1. The lowest BCUT2D eigenvalue weighted by Gasteiger charge is -2.21. The summed E-state index contributed by atoms with van der Waals surface area (Å²) in [5.41, 5.74) is 6.81. The van der Waals surface area contributed by atoms with E-state index < -0.39 is 0 Å². The molecule has 0 aromatic carbocycles. The minimum Gasteiger partial charge on any atom is -0.402 e. The van der Waals surface area contributed by atoms with Gasteiger partial charge >= 0.3 is 0 Å². The fourth-order valence-electron chi connectivity index (χ4n) is 1.40. The lowest BCUT2D eigenvalue weighted by atomic mass is 9.83. The van der Waals surface area contributed by atoms with E-state index >= 15 is 0 Å². The number of carbonyl (C=O) groups is 1. The molecule has 0 atom stereocenters. The predicted octanol–water partition coefficient (Wildman–Crippen LogP) is 1.85. The average Bonchev–Trinajstić information content (AvgIpc) is 1.54. The van der Waals surface area contributed by atoms with Gasteiger partial charge in [-0.3, -0.25) is 4.79 Å². The molecule has 0 aromatic rings. The first-order valence-electron chi connectivity index (χ1n) is 3.74. The molecule has 0 aromatic heterocycles. The van der Waals surface area contributed by atoms with Crippen LogP contribution in [0, 0.1) is 5.41 Å². The monoisotopic (exact) mass is 155 g/mol. The molecule has 0 bridgehead atoms. The van der Waals surface area contributed by atoms with Crippen LogP contribution in [0.4, 0.5) is 0 Å². The highest BCUT2D eigenvalue weighted by Gasteiger charge is 2.22. The van der Waals surface area contributed by atoms with Crippen molar-refractivity contribution < 1.29 is 4.79 Å². The van der Waals surface area contributed by atoms with Crippen LogP contribution in [0.5, 0.6) is 0 Å². The normalized spacial score (nSPS) is 14.3. The molecule has 0 aliphatic rings. The molecule has 0 fully saturated rings. The Morgan fingerprint density at radius 3 is 1.55 bits per heavy atom. The van der Waals surface area contributed by atoms with Gasteiger partial charge in [0.1, 0.15) is 0 Å². The first-order valence-corrected chi connectivity index (χ1v) is 3.74. The summed E-state index contributed by atoms with van der Waals surface area (Å²) in [6.45, 7) is 9.28. The van der Waals surface area contributed by atoms with Gasteiger partial charge in [0.25, 0.3) is 0 Å². The largest absolute Gasteiger partial charge is 0.402 e. The Morgan fingerprint density at radius 2 is 1.55 bits per heavy atom. The summed E-state index contributed by atoms with van der Waals surface area (Å²) in [4.78, 5) is 11.1. The molecule has 0 spiro atoms. The lowest BCUT2D eigenvalue weighted by molar-refractivity contribution is -0.114. The van der Waals surface area contributed by atoms with Crippen molar-refractivity contribution in [3.05, 3.63) is 11.3 Å². The van der Waals surface area contributed by atoms with E-state index in [1.54, 1.807) is 13.8 Å². The van der Waals surface area contributed by atoms with Crippen molar-refractivity contribution in [1.82, 2.24) is 0 Å². The molecule has 0 aliphatic heterocycles. The third kappa shape index (κ3) is 2.74. The Balaban J connectivity index is 4.96. The summed E-state index contributed by atoms with van der Waals surface area (Å²) in [5.74, 6) is 0.0671. The Hall–Kier alpha value is -0.790. The Labute approximate surface area is 68.5 Å². The minimum absolute atomic E-state index is 0.0671. The number of hydrogen-bond acceptors (Lipinski definition) is 2. The average molecular weight is 155 g/mol. The van der Waals surface area contributed by atoms with Gasteiger partial charge < -0.3 is 5.73 Å². The molecule has 0 radical (unpaired) electrons. The van der Waals surface area contributed by atoms with Gasteiger partial charge in [0.05, 0.1) is 0 Å². The summed E-state index contributed by atoms with van der Waals surface area (Å²) in [6.07, 6.45) is 0. The fraction of sp³-hybridized carbons (Fsp3) is 0.667. The Morgan fingerprint density at radius 1 is 1.18 bits per heavy atom. The summed E-state index contributed by atoms with van der Waals surface area (Å²) in [6, 6.07) is 0. The van der Waals surface area contributed by atoms with Crippen molar-refractivity contribution in [3.8, 4) is 0 Å². The molecule has 2 N–H and O–H groups in total. The second-order valence-electron chi connectivity index (χ2n) is 3.86. The standard InChI is InChI=1S/C9H17NO/c1-6(10)8(7(2)11)9(3,4)5/h10H2,1-5H3/b8-6-. The number of ketones is 1. The van der Waals surface area contributed by atoms with E-state index in [1.165, 1.54) is 0 Å². The quantitative estimate of drug-likeness (QED) is 0.587. The van der Waals surface area contributed by atoms with Crippen molar-refractivity contribution in [1.29, 1.82) is 0 Å². The number of hydrogen-bond donors (Lipinski definition) is 1. The van der Waals surface area contributed by atoms with Crippen LogP contribution in [0.1, 0.15) is 34.6 Å². The van der Waals surface area contributed by atoms with E-state index in [0.29, 0.717) is 5.70 Å². The van der Waals surface area contributed by atoms with Crippen LogP contribution in [0.15, 0.2) is 11.3 Å². The van der Waals surface area contributed by atoms with Crippen molar-refractivity contribution in [3.63, 3.8) is 0 Å². The summed E-state index contributed by atoms with van der Waals surface area (Å²) in [7, 11) is 0. The van der Waals surface area contributed by atoms with E-state index in [-0.39, 0.29) is 11.2 Å². The number of carbonyl (C=O) groups excluding carboxylic acids is 1. The van der Waals surface area contributed by atoms with Gasteiger partial charge in [-0.1, -0.05) is 20.8 Å². The minimum atomic E-state index is -0.134. The Kier molecular flexibility index (Phi) is 2.85. The first-order chi connectivity index (χ1) is 4.76. The van der Waals surface area contributed by atoms with Gasteiger partial charge in [0.2, 0.25) is 0 Å². The van der Waals surface area contributed by atoms with Crippen molar-refractivity contribution in [2.45, 2.75) is 34.6 Å².